The summed E-state index contributed by atoms with van der Waals surface area (Å²) < 4.78 is 5.38. The van der Waals surface area contributed by atoms with Crippen LogP contribution in [-0.2, 0) is 9.53 Å². The molecule has 0 unspecified atom stereocenters. The van der Waals surface area contributed by atoms with E-state index in [1.807, 2.05) is 42.5 Å². The van der Waals surface area contributed by atoms with Gasteiger partial charge in [-0.3, -0.25) is 4.79 Å². The topological polar surface area (TPSA) is 46.6 Å². The Morgan fingerprint density at radius 2 is 1.42 bits per heavy atom. The molecule has 0 aliphatic carbocycles. The van der Waals surface area contributed by atoms with Gasteiger partial charge < -0.3 is 9.64 Å². The second kappa shape index (κ2) is 8.00. The monoisotopic (exact) mass is 351 g/mol. The summed E-state index contributed by atoms with van der Waals surface area (Å²) in [5.41, 5.74) is 1.88. The number of hydrogen-bond acceptors (Lipinski definition) is 4. The molecule has 136 valence electrons. The van der Waals surface area contributed by atoms with Gasteiger partial charge >= 0.3 is 5.97 Å². The third-order valence-corrected chi connectivity index (χ3v) is 3.50. The van der Waals surface area contributed by atoms with Gasteiger partial charge in [0.05, 0.1) is 0 Å². The van der Waals surface area contributed by atoms with Gasteiger partial charge in [-0.05, 0) is 31.9 Å². The number of esters is 1. The fourth-order valence-electron chi connectivity index (χ4n) is 2.40. The van der Waals surface area contributed by atoms with Crippen molar-refractivity contribution in [1.82, 2.24) is 4.90 Å². The van der Waals surface area contributed by atoms with Crippen LogP contribution in [0.2, 0.25) is 0 Å². The van der Waals surface area contributed by atoms with Gasteiger partial charge in [0.15, 0.2) is 0 Å². The molecule has 0 aromatic heterocycles. The van der Waals surface area contributed by atoms with Gasteiger partial charge in [0.2, 0.25) is 5.78 Å². The van der Waals surface area contributed by atoms with Crippen molar-refractivity contribution >= 4 is 11.8 Å². The molecule has 0 spiro atoms. The molecule has 0 amide bonds. The van der Waals surface area contributed by atoms with Gasteiger partial charge in [0.1, 0.15) is 11.2 Å². The minimum atomic E-state index is -0.667. The van der Waals surface area contributed by atoms with E-state index in [4.69, 9.17) is 4.74 Å². The van der Waals surface area contributed by atoms with Gasteiger partial charge in [-0.25, -0.2) is 4.79 Å². The predicted molar refractivity (Wildman–Crippen MR) is 104 cm³/mol. The van der Waals surface area contributed by atoms with E-state index in [-0.39, 0.29) is 11.4 Å². The first-order valence-corrected chi connectivity index (χ1v) is 8.49. The zero-order valence-corrected chi connectivity index (χ0v) is 15.9. The highest BCUT2D eigenvalue weighted by Gasteiger charge is 2.26. The lowest BCUT2D eigenvalue weighted by molar-refractivity contribution is -0.149. The Bertz CT molecular complexity index is 798. The predicted octanol–water partition coefficient (Wildman–Crippen LogP) is 4.32. The van der Waals surface area contributed by atoms with E-state index in [9.17, 15) is 9.59 Å². The Labute approximate surface area is 155 Å². The van der Waals surface area contributed by atoms with E-state index in [1.54, 1.807) is 51.9 Å². The molecule has 0 aliphatic heterocycles. The quantitative estimate of drug-likeness (QED) is 0.265. The summed E-state index contributed by atoms with van der Waals surface area (Å²) in [5.74, 6) is -0.976. The van der Waals surface area contributed by atoms with Crippen LogP contribution in [-0.4, -0.2) is 36.3 Å². The molecular formula is C22H25NO3. The van der Waals surface area contributed by atoms with Crippen molar-refractivity contribution < 1.29 is 14.3 Å². The van der Waals surface area contributed by atoms with Crippen molar-refractivity contribution in [3.05, 3.63) is 71.9 Å². The molecule has 0 bridgehead atoms. The molecule has 0 atom stereocenters. The number of nitrogens with zero attached hydrogens (tertiary/aromatic N) is 1. The lowest BCUT2D eigenvalue weighted by Crippen LogP contribution is -2.28. The van der Waals surface area contributed by atoms with Crippen LogP contribution in [0.15, 0.2) is 66.4 Å². The minimum absolute atomic E-state index is 0.0115. The molecule has 2 aromatic rings. The van der Waals surface area contributed by atoms with Crippen LogP contribution in [0, 0.1) is 0 Å². The first-order chi connectivity index (χ1) is 12.2. The fraction of sp³-hybridized carbons (Fsp3) is 0.273. The van der Waals surface area contributed by atoms with Gasteiger partial charge in [-0.2, -0.15) is 0 Å². The second-order valence-corrected chi connectivity index (χ2v) is 7.28. The first kappa shape index (κ1) is 19.4. The van der Waals surface area contributed by atoms with Gasteiger partial charge in [-0.1, -0.05) is 54.6 Å². The Kier molecular flexibility index (Phi) is 5.98. The molecule has 0 radical (unpaired) electrons. The zero-order chi connectivity index (χ0) is 19.3. The van der Waals surface area contributed by atoms with Crippen molar-refractivity contribution in [2.75, 3.05) is 14.1 Å². The lowest BCUT2D eigenvalue weighted by Gasteiger charge is -2.21. The van der Waals surface area contributed by atoms with Crippen LogP contribution in [0.5, 0.6) is 0 Å². The SMILES string of the molecule is CN(C)/C=C(/C(=O)OC(C)(C)C)C(=O)c1ccc(-c2ccccc2)cc1. The highest BCUT2D eigenvalue weighted by atomic mass is 16.6. The maximum atomic E-state index is 12.9. The molecule has 0 heterocycles. The second-order valence-electron chi connectivity index (χ2n) is 7.28. The van der Waals surface area contributed by atoms with Crippen LogP contribution in [0.25, 0.3) is 11.1 Å². The van der Waals surface area contributed by atoms with Gasteiger partial charge in [0.25, 0.3) is 0 Å². The summed E-state index contributed by atoms with van der Waals surface area (Å²) in [6.45, 7) is 5.33. The maximum absolute atomic E-state index is 12.9. The molecule has 0 fully saturated rings. The third-order valence-electron chi connectivity index (χ3n) is 3.50. The molecule has 2 aromatic carbocycles. The van der Waals surface area contributed by atoms with E-state index in [2.05, 4.69) is 0 Å². The Hall–Kier alpha value is -2.88. The fourth-order valence-corrected chi connectivity index (χ4v) is 2.40. The smallest absolute Gasteiger partial charge is 0.344 e. The lowest BCUT2D eigenvalue weighted by atomic mass is 9.99. The van der Waals surface area contributed by atoms with Crippen LogP contribution >= 0.6 is 0 Å². The molecular weight excluding hydrogens is 326 g/mol. The van der Waals surface area contributed by atoms with Crippen molar-refractivity contribution in [1.29, 1.82) is 0 Å². The summed E-state index contributed by atoms with van der Waals surface area (Å²) in [4.78, 5) is 27.0. The van der Waals surface area contributed by atoms with Crippen LogP contribution in [0.4, 0.5) is 0 Å². The van der Waals surface area contributed by atoms with Gasteiger partial charge in [0, 0.05) is 25.9 Å². The molecule has 0 saturated heterocycles. The number of ketones is 1. The summed E-state index contributed by atoms with van der Waals surface area (Å²) >= 11 is 0. The third kappa shape index (κ3) is 5.31. The van der Waals surface area contributed by atoms with Crippen molar-refractivity contribution in [2.45, 2.75) is 26.4 Å². The zero-order valence-electron chi connectivity index (χ0n) is 15.9. The summed E-state index contributed by atoms with van der Waals surface area (Å²) in [6, 6.07) is 17.1. The van der Waals surface area contributed by atoms with E-state index in [0.717, 1.165) is 11.1 Å². The van der Waals surface area contributed by atoms with E-state index in [0.29, 0.717) is 5.56 Å². The highest BCUT2D eigenvalue weighted by molar-refractivity contribution is 6.24. The number of benzene rings is 2. The number of Topliss-reactive ketones (excluding diaryl/α,β-unsaturated/α-hetero) is 1. The van der Waals surface area contributed by atoms with Crippen molar-refractivity contribution in [3.63, 3.8) is 0 Å². The first-order valence-electron chi connectivity index (χ1n) is 8.49. The van der Waals surface area contributed by atoms with Gasteiger partial charge in [-0.15, -0.1) is 0 Å². The average Bonchev–Trinajstić information content (AvgIpc) is 2.58. The largest absolute Gasteiger partial charge is 0.456 e. The average molecular weight is 351 g/mol. The molecule has 26 heavy (non-hydrogen) atoms. The summed E-state index contributed by atoms with van der Waals surface area (Å²) in [6.07, 6.45) is 1.50. The number of ether oxygens (including phenoxy) is 1. The summed E-state index contributed by atoms with van der Waals surface area (Å²) in [7, 11) is 3.52. The Morgan fingerprint density at radius 1 is 0.885 bits per heavy atom. The number of hydrogen-bond donors (Lipinski definition) is 0. The van der Waals surface area contributed by atoms with Crippen molar-refractivity contribution in [2.24, 2.45) is 0 Å². The molecule has 0 aliphatic rings. The molecule has 0 N–H and O–H groups in total. The number of carbonyl (C=O) groups excluding carboxylic acids is 2. The Balaban J connectivity index is 2.30. The molecule has 4 nitrogen and oxygen atoms in total. The maximum Gasteiger partial charge on any atom is 0.344 e. The van der Waals surface area contributed by atoms with E-state index in [1.165, 1.54) is 6.20 Å². The van der Waals surface area contributed by atoms with E-state index >= 15 is 0 Å². The molecule has 2 rings (SSSR count). The van der Waals surface area contributed by atoms with Crippen LogP contribution in [0.1, 0.15) is 31.1 Å². The van der Waals surface area contributed by atoms with Crippen molar-refractivity contribution in [3.8, 4) is 11.1 Å². The number of rotatable bonds is 5. The Morgan fingerprint density at radius 3 is 1.92 bits per heavy atom. The van der Waals surface area contributed by atoms with Crippen LogP contribution in [0.3, 0.4) is 0 Å². The highest BCUT2D eigenvalue weighted by Crippen LogP contribution is 2.21. The summed E-state index contributed by atoms with van der Waals surface area (Å²) in [5, 5.41) is 0. The van der Waals surface area contributed by atoms with Crippen LogP contribution < -0.4 is 0 Å². The normalized spacial score (nSPS) is 11.8. The minimum Gasteiger partial charge on any atom is -0.456 e. The standard InChI is InChI=1S/C22H25NO3/c1-22(2,3)26-21(25)19(15-23(4)5)20(24)18-13-11-17(12-14-18)16-9-7-6-8-10-16/h6-15H,1-5H3/b19-15+. The van der Waals surface area contributed by atoms with E-state index < -0.39 is 11.6 Å². The number of carbonyl (C=O) groups is 2. The molecule has 0 saturated carbocycles. The molecule has 4 heteroatoms.